The molecule has 0 aliphatic carbocycles. The molecule has 4 N–H and O–H groups in total. The highest BCUT2D eigenvalue weighted by Gasteiger charge is 2.23. The number of nitrogen functional groups attached to an aromatic ring is 1. The van der Waals surface area contributed by atoms with Crippen molar-refractivity contribution in [3.05, 3.63) is 29.8 Å². The van der Waals surface area contributed by atoms with Gasteiger partial charge in [-0.05, 0) is 24.6 Å². The second-order valence-electron chi connectivity index (χ2n) is 3.73. The van der Waals surface area contributed by atoms with E-state index in [-0.39, 0.29) is 0 Å². The summed E-state index contributed by atoms with van der Waals surface area (Å²) in [5, 5.41) is -0.612. The number of rotatable bonds is 3. The molecule has 0 fully saturated rings. The minimum Gasteiger partial charge on any atom is -0.399 e. The van der Waals surface area contributed by atoms with Crippen molar-refractivity contribution >= 4 is 15.5 Å². The van der Waals surface area contributed by atoms with E-state index in [1.165, 1.54) is 6.26 Å². The van der Waals surface area contributed by atoms with E-state index in [1.54, 1.807) is 31.2 Å². The average Bonchev–Trinajstić information content (AvgIpc) is 2.14. The summed E-state index contributed by atoms with van der Waals surface area (Å²) in [5.41, 5.74) is 12.8. The molecule has 0 spiro atoms. The lowest BCUT2D eigenvalue weighted by Crippen LogP contribution is -2.30. The molecule has 0 bridgehead atoms. The van der Waals surface area contributed by atoms with Crippen LogP contribution < -0.4 is 11.5 Å². The Balaban J connectivity index is 3.00. The lowest BCUT2D eigenvalue weighted by molar-refractivity contribution is 0.571. The maximum Gasteiger partial charge on any atom is 0.151 e. The number of nitrogens with two attached hydrogens (primary N) is 2. The molecule has 0 saturated heterocycles. The van der Waals surface area contributed by atoms with Gasteiger partial charge in [-0.25, -0.2) is 8.42 Å². The first-order valence-corrected chi connectivity index (χ1v) is 6.57. The summed E-state index contributed by atoms with van der Waals surface area (Å²) in [7, 11) is -3.13. The van der Waals surface area contributed by atoms with Crippen molar-refractivity contribution < 1.29 is 8.42 Å². The van der Waals surface area contributed by atoms with E-state index in [4.69, 9.17) is 11.5 Å². The third kappa shape index (κ3) is 2.94. The van der Waals surface area contributed by atoms with Crippen LogP contribution in [0.2, 0.25) is 0 Å². The van der Waals surface area contributed by atoms with Gasteiger partial charge < -0.3 is 11.5 Å². The molecule has 4 nitrogen and oxygen atoms in total. The molecular weight excluding hydrogens is 212 g/mol. The molecule has 0 aliphatic heterocycles. The van der Waals surface area contributed by atoms with Crippen LogP contribution in [-0.2, 0) is 9.84 Å². The zero-order chi connectivity index (χ0) is 11.6. The van der Waals surface area contributed by atoms with Crippen LogP contribution in [0.4, 0.5) is 5.69 Å². The third-order valence-electron chi connectivity index (χ3n) is 2.48. The van der Waals surface area contributed by atoms with Gasteiger partial charge in [-0.2, -0.15) is 0 Å². The summed E-state index contributed by atoms with van der Waals surface area (Å²) < 4.78 is 22.6. The van der Waals surface area contributed by atoms with Crippen molar-refractivity contribution in [3.63, 3.8) is 0 Å². The van der Waals surface area contributed by atoms with E-state index in [9.17, 15) is 8.42 Å². The molecule has 0 amide bonds. The predicted octanol–water partition coefficient (Wildman–Crippen LogP) is 0.702. The van der Waals surface area contributed by atoms with Gasteiger partial charge in [0.1, 0.15) is 0 Å². The van der Waals surface area contributed by atoms with Gasteiger partial charge >= 0.3 is 0 Å². The molecule has 0 saturated carbocycles. The molecular formula is C10H16N2O2S. The monoisotopic (exact) mass is 228 g/mol. The molecule has 1 rings (SSSR count). The maximum absolute atomic E-state index is 11.3. The zero-order valence-electron chi connectivity index (χ0n) is 8.84. The predicted molar refractivity (Wildman–Crippen MR) is 62.1 cm³/mol. The van der Waals surface area contributed by atoms with Gasteiger partial charge in [0.05, 0.1) is 5.25 Å². The van der Waals surface area contributed by atoms with E-state index in [1.807, 2.05) is 0 Å². The van der Waals surface area contributed by atoms with E-state index in [0.717, 1.165) is 5.56 Å². The SMILES string of the molecule is CC(C(N)c1cccc(N)c1)S(C)(=O)=O. The van der Waals surface area contributed by atoms with Crippen molar-refractivity contribution in [2.75, 3.05) is 12.0 Å². The van der Waals surface area contributed by atoms with Crippen LogP contribution in [-0.4, -0.2) is 19.9 Å². The maximum atomic E-state index is 11.3. The molecule has 2 unspecified atom stereocenters. The van der Waals surface area contributed by atoms with E-state index in [2.05, 4.69) is 0 Å². The van der Waals surface area contributed by atoms with E-state index in [0.29, 0.717) is 5.69 Å². The highest BCUT2D eigenvalue weighted by Crippen LogP contribution is 2.20. The Morgan fingerprint density at radius 2 is 1.93 bits per heavy atom. The quantitative estimate of drug-likeness (QED) is 0.746. The van der Waals surface area contributed by atoms with Crippen molar-refractivity contribution in [3.8, 4) is 0 Å². The van der Waals surface area contributed by atoms with Gasteiger partial charge in [0.2, 0.25) is 0 Å². The number of sulfone groups is 1. The van der Waals surface area contributed by atoms with Crippen molar-refractivity contribution in [1.29, 1.82) is 0 Å². The van der Waals surface area contributed by atoms with Crippen LogP contribution in [0.25, 0.3) is 0 Å². The summed E-state index contributed by atoms with van der Waals surface area (Å²) in [6, 6.07) is 6.44. The highest BCUT2D eigenvalue weighted by molar-refractivity contribution is 7.91. The van der Waals surface area contributed by atoms with Crippen LogP contribution in [0, 0.1) is 0 Å². The van der Waals surface area contributed by atoms with Crippen LogP contribution in [0.1, 0.15) is 18.5 Å². The summed E-state index contributed by atoms with van der Waals surface area (Å²) in [6.07, 6.45) is 1.18. The molecule has 0 aromatic heterocycles. The summed E-state index contributed by atoms with van der Waals surface area (Å²) in [4.78, 5) is 0. The fourth-order valence-electron chi connectivity index (χ4n) is 1.30. The topological polar surface area (TPSA) is 86.2 Å². The van der Waals surface area contributed by atoms with Gasteiger partial charge in [0, 0.05) is 18.0 Å². The standard InChI is InChI=1S/C10H16N2O2S/c1-7(15(2,13)14)10(12)8-4-3-5-9(11)6-8/h3-7,10H,11-12H2,1-2H3. The minimum atomic E-state index is -3.13. The zero-order valence-corrected chi connectivity index (χ0v) is 9.66. The number of benzene rings is 1. The average molecular weight is 228 g/mol. The number of hydrogen-bond acceptors (Lipinski definition) is 4. The molecule has 2 atom stereocenters. The number of anilines is 1. The molecule has 1 aromatic rings. The lowest BCUT2D eigenvalue weighted by Gasteiger charge is -2.18. The summed E-state index contributed by atoms with van der Waals surface area (Å²) in [5.74, 6) is 0. The Kier molecular flexibility index (Phi) is 3.36. The fourth-order valence-corrected chi connectivity index (χ4v) is 1.99. The highest BCUT2D eigenvalue weighted by atomic mass is 32.2. The van der Waals surface area contributed by atoms with Gasteiger partial charge in [0.15, 0.2) is 9.84 Å². The largest absolute Gasteiger partial charge is 0.399 e. The fraction of sp³-hybridized carbons (Fsp3) is 0.400. The third-order valence-corrected chi connectivity index (χ3v) is 4.12. The molecule has 5 heteroatoms. The van der Waals surface area contributed by atoms with Crippen LogP contribution in [0.3, 0.4) is 0 Å². The lowest BCUT2D eigenvalue weighted by atomic mass is 10.0. The Bertz CT molecular complexity index is 442. The van der Waals surface area contributed by atoms with E-state index < -0.39 is 21.1 Å². The van der Waals surface area contributed by atoms with E-state index >= 15 is 0 Å². The second-order valence-corrected chi connectivity index (χ2v) is 6.13. The molecule has 0 radical (unpaired) electrons. The van der Waals surface area contributed by atoms with Crippen LogP contribution in [0.5, 0.6) is 0 Å². The summed E-state index contributed by atoms with van der Waals surface area (Å²) >= 11 is 0. The minimum absolute atomic E-state index is 0.538. The van der Waals surface area contributed by atoms with Gasteiger partial charge in [-0.15, -0.1) is 0 Å². The van der Waals surface area contributed by atoms with Crippen molar-refractivity contribution in [1.82, 2.24) is 0 Å². The van der Waals surface area contributed by atoms with Crippen molar-refractivity contribution in [2.45, 2.75) is 18.2 Å². The molecule has 0 aliphatic rings. The molecule has 15 heavy (non-hydrogen) atoms. The first-order valence-electron chi connectivity index (χ1n) is 4.62. The Morgan fingerprint density at radius 1 is 1.33 bits per heavy atom. The molecule has 0 heterocycles. The van der Waals surface area contributed by atoms with Gasteiger partial charge in [-0.3, -0.25) is 0 Å². The van der Waals surface area contributed by atoms with Gasteiger partial charge in [0.25, 0.3) is 0 Å². The first-order chi connectivity index (χ1) is 6.82. The Hall–Kier alpha value is -1.07. The van der Waals surface area contributed by atoms with Gasteiger partial charge in [-0.1, -0.05) is 12.1 Å². The Morgan fingerprint density at radius 3 is 2.40 bits per heavy atom. The smallest absolute Gasteiger partial charge is 0.151 e. The molecule has 1 aromatic carbocycles. The normalized spacial score (nSPS) is 15.9. The first kappa shape index (κ1) is 12.0. The van der Waals surface area contributed by atoms with Crippen molar-refractivity contribution in [2.24, 2.45) is 5.73 Å². The summed E-state index contributed by atoms with van der Waals surface area (Å²) in [6.45, 7) is 1.60. The van der Waals surface area contributed by atoms with Crippen LogP contribution in [0.15, 0.2) is 24.3 Å². The second kappa shape index (κ2) is 4.20. The van der Waals surface area contributed by atoms with Crippen LogP contribution >= 0.6 is 0 Å². The number of hydrogen-bond donors (Lipinski definition) is 2. The Labute approximate surface area is 90.2 Å². The molecule has 84 valence electrons.